The van der Waals surface area contributed by atoms with Crippen LogP contribution in [0, 0.1) is 0 Å². The van der Waals surface area contributed by atoms with Crippen molar-refractivity contribution in [2.75, 3.05) is 12.3 Å². The summed E-state index contributed by atoms with van der Waals surface area (Å²) in [5.41, 5.74) is 0. The van der Waals surface area contributed by atoms with Gasteiger partial charge in [-0.05, 0) is 22.9 Å². The lowest BCUT2D eigenvalue weighted by Gasteiger charge is -2.36. The SMILES string of the molecule is CC1SCCN(S(=O)(=O)c2c(Br)nnn2C)C1C. The Kier molecular flexibility index (Phi) is 4.05. The molecule has 2 rings (SSSR count). The molecule has 0 radical (unpaired) electrons. The Morgan fingerprint density at radius 2 is 2.11 bits per heavy atom. The Bertz CT molecular complexity index is 525. The van der Waals surface area contributed by atoms with Gasteiger partial charge in [-0.15, -0.1) is 5.10 Å². The normalized spacial score (nSPS) is 26.4. The van der Waals surface area contributed by atoms with Gasteiger partial charge in [-0.1, -0.05) is 12.1 Å². The molecule has 1 aliphatic rings. The smallest absolute Gasteiger partial charge is 0.235 e. The van der Waals surface area contributed by atoms with E-state index in [0.717, 1.165) is 5.75 Å². The molecule has 1 aliphatic heterocycles. The van der Waals surface area contributed by atoms with Crippen LogP contribution in [-0.4, -0.2) is 51.3 Å². The summed E-state index contributed by atoms with van der Waals surface area (Å²) >= 11 is 4.94. The van der Waals surface area contributed by atoms with Crippen molar-refractivity contribution >= 4 is 37.7 Å². The van der Waals surface area contributed by atoms with Crippen molar-refractivity contribution in [3.05, 3.63) is 4.60 Å². The maximum atomic E-state index is 12.6. The van der Waals surface area contributed by atoms with E-state index in [2.05, 4.69) is 26.2 Å². The molecule has 6 nitrogen and oxygen atoms in total. The number of hydrogen-bond acceptors (Lipinski definition) is 5. The lowest BCUT2D eigenvalue weighted by atomic mass is 10.2. The van der Waals surface area contributed by atoms with Crippen molar-refractivity contribution in [2.24, 2.45) is 7.05 Å². The quantitative estimate of drug-likeness (QED) is 0.795. The van der Waals surface area contributed by atoms with Crippen molar-refractivity contribution in [1.29, 1.82) is 0 Å². The van der Waals surface area contributed by atoms with Gasteiger partial charge < -0.3 is 0 Å². The fourth-order valence-corrected chi connectivity index (χ4v) is 5.98. The molecule has 9 heteroatoms. The van der Waals surface area contributed by atoms with E-state index in [1.165, 1.54) is 8.99 Å². The van der Waals surface area contributed by atoms with Crippen LogP contribution in [0.15, 0.2) is 9.63 Å². The highest BCUT2D eigenvalue weighted by atomic mass is 79.9. The minimum absolute atomic E-state index is 0.0319. The molecule has 0 bridgehead atoms. The predicted octanol–water partition coefficient (Wildman–Crippen LogP) is 1.09. The van der Waals surface area contributed by atoms with Crippen LogP contribution in [0.25, 0.3) is 0 Å². The summed E-state index contributed by atoms with van der Waals surface area (Å²) in [5.74, 6) is 0.813. The third-order valence-electron chi connectivity index (χ3n) is 3.12. The monoisotopic (exact) mass is 354 g/mol. The van der Waals surface area contributed by atoms with Gasteiger partial charge in [-0.25, -0.2) is 13.1 Å². The number of aromatic nitrogens is 3. The highest BCUT2D eigenvalue weighted by molar-refractivity contribution is 9.10. The standard InChI is InChI=1S/C9H15BrN4O2S2/c1-6-7(2)17-5-4-14(6)18(15,16)9-8(10)11-12-13(9)3/h6-7H,4-5H2,1-3H3. The van der Waals surface area contributed by atoms with Crippen molar-refractivity contribution in [3.63, 3.8) is 0 Å². The van der Waals surface area contributed by atoms with E-state index in [-0.39, 0.29) is 20.9 Å². The average molecular weight is 355 g/mol. The van der Waals surface area contributed by atoms with E-state index < -0.39 is 10.0 Å². The summed E-state index contributed by atoms with van der Waals surface area (Å²) in [7, 11) is -1.97. The van der Waals surface area contributed by atoms with E-state index in [4.69, 9.17) is 0 Å². The highest BCUT2D eigenvalue weighted by Crippen LogP contribution is 2.30. The molecule has 1 aromatic heterocycles. The maximum absolute atomic E-state index is 12.6. The first kappa shape index (κ1) is 14.3. The summed E-state index contributed by atoms with van der Waals surface area (Å²) in [6, 6.07) is -0.0319. The Morgan fingerprint density at radius 3 is 2.67 bits per heavy atom. The second kappa shape index (κ2) is 5.10. The Hall–Kier alpha value is -0.120. The Balaban J connectivity index is 2.43. The summed E-state index contributed by atoms with van der Waals surface area (Å²) in [4.78, 5) is 0. The van der Waals surface area contributed by atoms with Crippen LogP contribution in [0.2, 0.25) is 0 Å². The van der Waals surface area contributed by atoms with Crippen molar-refractivity contribution < 1.29 is 8.42 Å². The predicted molar refractivity (Wildman–Crippen MR) is 74.0 cm³/mol. The summed E-state index contributed by atoms with van der Waals surface area (Å²) in [6.07, 6.45) is 0. The van der Waals surface area contributed by atoms with Gasteiger partial charge >= 0.3 is 0 Å². The maximum Gasteiger partial charge on any atom is 0.263 e. The van der Waals surface area contributed by atoms with Crippen LogP contribution in [0.4, 0.5) is 0 Å². The molecule has 0 N–H and O–H groups in total. The first-order valence-corrected chi connectivity index (χ1v) is 8.82. The fraction of sp³-hybridized carbons (Fsp3) is 0.778. The van der Waals surface area contributed by atoms with Gasteiger partial charge in [0.1, 0.15) is 0 Å². The molecule has 2 atom stereocenters. The molecule has 102 valence electrons. The van der Waals surface area contributed by atoms with Crippen LogP contribution in [0.1, 0.15) is 13.8 Å². The zero-order valence-corrected chi connectivity index (χ0v) is 13.6. The molecule has 1 saturated heterocycles. The van der Waals surface area contributed by atoms with E-state index in [9.17, 15) is 8.42 Å². The number of sulfonamides is 1. The highest BCUT2D eigenvalue weighted by Gasteiger charge is 2.38. The fourth-order valence-electron chi connectivity index (χ4n) is 1.95. The number of nitrogens with zero attached hydrogens (tertiary/aromatic N) is 4. The summed E-state index contributed by atoms with van der Waals surface area (Å²) < 4.78 is 28.4. The number of hydrogen-bond donors (Lipinski definition) is 0. The number of aryl methyl sites for hydroxylation is 1. The Labute approximate surface area is 119 Å². The van der Waals surface area contributed by atoms with Crippen LogP contribution < -0.4 is 0 Å². The van der Waals surface area contributed by atoms with Crippen LogP contribution in [0.3, 0.4) is 0 Å². The summed E-state index contributed by atoms with van der Waals surface area (Å²) in [6.45, 7) is 4.51. The zero-order chi connectivity index (χ0) is 13.5. The van der Waals surface area contributed by atoms with Gasteiger partial charge in [0.05, 0.1) is 0 Å². The molecule has 2 heterocycles. The summed E-state index contributed by atoms with van der Waals surface area (Å²) in [5, 5.41) is 7.87. The van der Waals surface area contributed by atoms with Crippen LogP contribution >= 0.6 is 27.7 Å². The van der Waals surface area contributed by atoms with E-state index >= 15 is 0 Å². The van der Waals surface area contributed by atoms with Gasteiger partial charge in [-0.3, -0.25) is 0 Å². The van der Waals surface area contributed by atoms with Gasteiger partial charge in [-0.2, -0.15) is 16.1 Å². The van der Waals surface area contributed by atoms with Crippen molar-refractivity contribution in [1.82, 2.24) is 19.3 Å². The van der Waals surface area contributed by atoms with Gasteiger partial charge in [0, 0.05) is 30.6 Å². The van der Waals surface area contributed by atoms with E-state index in [1.807, 2.05) is 13.8 Å². The molecule has 2 unspecified atom stereocenters. The lowest BCUT2D eigenvalue weighted by Crippen LogP contribution is -2.48. The second-order valence-electron chi connectivity index (χ2n) is 4.24. The second-order valence-corrected chi connectivity index (χ2v) is 8.28. The van der Waals surface area contributed by atoms with Gasteiger partial charge in [0.15, 0.2) is 4.60 Å². The molecular formula is C9H15BrN4O2S2. The third-order valence-corrected chi connectivity index (χ3v) is 7.33. The minimum atomic E-state index is -3.55. The topological polar surface area (TPSA) is 68.1 Å². The van der Waals surface area contributed by atoms with Crippen molar-refractivity contribution in [3.8, 4) is 0 Å². The van der Waals surface area contributed by atoms with E-state index in [0.29, 0.717) is 6.54 Å². The van der Waals surface area contributed by atoms with Gasteiger partial charge in [0.25, 0.3) is 10.0 Å². The first-order valence-electron chi connectivity index (χ1n) is 5.54. The average Bonchev–Trinajstić information content (AvgIpc) is 2.62. The molecule has 0 spiro atoms. The molecule has 18 heavy (non-hydrogen) atoms. The number of rotatable bonds is 2. The molecule has 0 amide bonds. The van der Waals surface area contributed by atoms with E-state index in [1.54, 1.807) is 18.8 Å². The molecule has 1 fully saturated rings. The lowest BCUT2D eigenvalue weighted by molar-refractivity contribution is 0.337. The molecule has 0 aliphatic carbocycles. The number of thioether (sulfide) groups is 1. The zero-order valence-electron chi connectivity index (χ0n) is 10.4. The largest absolute Gasteiger partial charge is 0.263 e. The molecule has 1 aromatic rings. The minimum Gasteiger partial charge on any atom is -0.235 e. The van der Waals surface area contributed by atoms with Crippen molar-refractivity contribution in [2.45, 2.75) is 30.2 Å². The molecule has 0 aromatic carbocycles. The van der Waals surface area contributed by atoms with Crippen LogP contribution in [-0.2, 0) is 17.1 Å². The third kappa shape index (κ3) is 2.33. The Morgan fingerprint density at radius 1 is 1.44 bits per heavy atom. The van der Waals surface area contributed by atoms with Crippen LogP contribution in [0.5, 0.6) is 0 Å². The van der Waals surface area contributed by atoms with Gasteiger partial charge in [0.2, 0.25) is 5.03 Å². The molecule has 0 saturated carbocycles. The number of halogens is 1. The molecular weight excluding hydrogens is 340 g/mol. The first-order chi connectivity index (χ1) is 8.35.